The van der Waals surface area contributed by atoms with Crippen molar-refractivity contribution >= 4 is 19.4 Å². The van der Waals surface area contributed by atoms with Gasteiger partial charge in [-0.15, -0.1) is 0 Å². The van der Waals surface area contributed by atoms with E-state index in [0.29, 0.717) is 0 Å². The van der Waals surface area contributed by atoms with Crippen LogP contribution in [0.1, 0.15) is 0 Å². The molecule has 0 atom stereocenters. The molecule has 0 bridgehead atoms. The van der Waals surface area contributed by atoms with E-state index in [0.717, 1.165) is 0 Å². The van der Waals surface area contributed by atoms with Crippen molar-refractivity contribution in [1.29, 1.82) is 0 Å². The van der Waals surface area contributed by atoms with Crippen LogP contribution < -0.4 is 0 Å². The van der Waals surface area contributed by atoms with E-state index in [1.54, 1.807) is 0 Å². The van der Waals surface area contributed by atoms with Crippen LogP contribution in [0.15, 0.2) is 0 Å². The Kier molecular flexibility index (Phi) is 62.0. The number of hydrogen-bond donors (Lipinski definition) is 0. The van der Waals surface area contributed by atoms with Gasteiger partial charge in [0.25, 0.3) is 0 Å². The van der Waals surface area contributed by atoms with Gasteiger partial charge in [0.05, 0.1) is 0 Å². The van der Waals surface area contributed by atoms with Crippen LogP contribution in [0.3, 0.4) is 0 Å². The first-order valence-electron chi connectivity index (χ1n) is 0.267. The van der Waals surface area contributed by atoms with E-state index in [4.69, 9.17) is 19.4 Å². The van der Waals surface area contributed by atoms with Crippen LogP contribution in [-0.4, -0.2) is 0 Å². The summed E-state index contributed by atoms with van der Waals surface area (Å²) in [5.41, 5.74) is 0. The van der Waals surface area contributed by atoms with Crippen molar-refractivity contribution in [2.45, 2.75) is 0 Å². The van der Waals surface area contributed by atoms with Gasteiger partial charge >= 0.3 is 34.5 Å². The maximum atomic E-state index is 4.85. The van der Waals surface area contributed by atoms with Crippen molar-refractivity contribution in [3.63, 3.8) is 0 Å². The molecule has 0 spiro atoms. The van der Waals surface area contributed by atoms with Gasteiger partial charge in [-0.05, 0) is 0 Å². The molecule has 0 aromatic heterocycles. The zero-order valence-corrected chi connectivity index (χ0v) is 6.36. The third-order valence-electron chi connectivity index (χ3n) is 0. The fourth-order valence-corrected chi connectivity index (χ4v) is 0. The van der Waals surface area contributed by atoms with Crippen molar-refractivity contribution in [3.8, 4) is 0 Å². The fraction of sp³-hybridized carbons (Fsp3) is 0. The van der Waals surface area contributed by atoms with Gasteiger partial charge in [-0.1, -0.05) is 0 Å². The van der Waals surface area contributed by atoms with E-state index in [1.807, 2.05) is 0 Å². The first kappa shape index (κ1) is 16.4. The van der Waals surface area contributed by atoms with Crippen molar-refractivity contribution < 1.29 is 15.1 Å². The normalized spacial score (nSPS) is 3.60. The molecule has 0 amide bonds. The minimum atomic E-state index is -0.346. The monoisotopic (exact) mass is 202 g/mol. The van der Waals surface area contributed by atoms with Crippen LogP contribution in [0.2, 0.25) is 0 Å². The van der Waals surface area contributed by atoms with E-state index < -0.39 is 0 Å². The summed E-state index contributed by atoms with van der Waals surface area (Å²) in [7, 11) is 9.71. The van der Waals surface area contributed by atoms with E-state index in [2.05, 4.69) is 0 Å². The molecule has 5 heavy (non-hydrogen) atoms. The molecule has 3 heteroatoms. The molecule has 36 valence electrons. The molecule has 0 aromatic rings. The molecule has 0 aliphatic rings. The van der Waals surface area contributed by atoms with Crippen LogP contribution in [0, 0.1) is 14.9 Å². The number of rotatable bonds is 0. The summed E-state index contributed by atoms with van der Waals surface area (Å²) in [5, 5.41) is 0. The fourth-order valence-electron chi connectivity index (χ4n) is 0. The Balaban J connectivity index is -0.0000000200. The zero-order chi connectivity index (χ0) is 2.71. The molecule has 0 fully saturated rings. The second-order valence-electron chi connectivity index (χ2n) is 0.0505. The second kappa shape index (κ2) is 18.9. The predicted molar refractivity (Wildman–Crippen MR) is 24.5 cm³/mol. The molecular weight excluding hydrogens is 196 g/mol. The van der Waals surface area contributed by atoms with Gasteiger partial charge in [0.1, 0.15) is 0 Å². The van der Waals surface area contributed by atoms with Gasteiger partial charge in [-0.3, -0.25) is 0 Å². The molecule has 0 radical (unpaired) electrons. The molecule has 0 rings (SSSR count). The van der Waals surface area contributed by atoms with Crippen LogP contribution >= 0.6 is 19.4 Å². The summed E-state index contributed by atoms with van der Waals surface area (Å²) >= 11 is -0.346. The summed E-state index contributed by atoms with van der Waals surface area (Å²) in [6.45, 7) is 0. The molecular formula is C2H6Cl2Ru. The predicted octanol–water partition coefficient (Wildman–Crippen LogP) is 2.28. The molecule has 0 aromatic carbocycles. The number of halogens is 2. The molecule has 0 unspecified atom stereocenters. The van der Waals surface area contributed by atoms with Crippen molar-refractivity contribution in [1.82, 2.24) is 0 Å². The van der Waals surface area contributed by atoms with Gasteiger partial charge in [0.15, 0.2) is 0 Å². The summed E-state index contributed by atoms with van der Waals surface area (Å²) in [6.07, 6.45) is 0. The van der Waals surface area contributed by atoms with Gasteiger partial charge in [0.2, 0.25) is 0 Å². The first-order valence-corrected chi connectivity index (χ1v) is 4.74. The van der Waals surface area contributed by atoms with Gasteiger partial charge < -0.3 is 14.9 Å². The molecule has 0 aliphatic carbocycles. The van der Waals surface area contributed by atoms with Gasteiger partial charge in [0, 0.05) is 0 Å². The van der Waals surface area contributed by atoms with Crippen LogP contribution in [0.25, 0.3) is 0 Å². The van der Waals surface area contributed by atoms with E-state index >= 15 is 0 Å². The summed E-state index contributed by atoms with van der Waals surface area (Å²) in [5.74, 6) is 0. The van der Waals surface area contributed by atoms with Crippen LogP contribution in [-0.2, 0) is 15.1 Å². The van der Waals surface area contributed by atoms with Crippen molar-refractivity contribution in [2.75, 3.05) is 0 Å². The third kappa shape index (κ3) is 36.9. The Labute approximate surface area is 49.5 Å². The van der Waals surface area contributed by atoms with E-state index in [-0.39, 0.29) is 30.0 Å². The Bertz CT molecular complexity index is 7.61. The molecule has 0 nitrogen and oxygen atoms in total. The molecule has 0 aliphatic heterocycles. The standard InChI is InChI=1S/2CH3.2ClH.Ru/h2*1H3;2*1H;/q2*-1;;;+4/p-2. The van der Waals surface area contributed by atoms with Crippen molar-refractivity contribution in [3.05, 3.63) is 14.9 Å². The Morgan fingerprint density at radius 2 is 1.00 bits per heavy atom. The Morgan fingerprint density at radius 1 is 1.00 bits per heavy atom. The summed E-state index contributed by atoms with van der Waals surface area (Å²) in [4.78, 5) is 0. The minimum absolute atomic E-state index is 0. The summed E-state index contributed by atoms with van der Waals surface area (Å²) in [6, 6.07) is 0. The van der Waals surface area contributed by atoms with Crippen LogP contribution in [0.4, 0.5) is 0 Å². The van der Waals surface area contributed by atoms with E-state index in [1.165, 1.54) is 0 Å². The summed E-state index contributed by atoms with van der Waals surface area (Å²) < 4.78 is 0. The first-order chi connectivity index (χ1) is 1.41. The molecule has 0 saturated heterocycles. The van der Waals surface area contributed by atoms with Gasteiger partial charge in [-0.2, -0.15) is 0 Å². The second-order valence-corrected chi connectivity index (χ2v) is 2.69. The Morgan fingerprint density at radius 3 is 1.00 bits per heavy atom. The molecule has 0 heterocycles. The topological polar surface area (TPSA) is 0 Å². The average molecular weight is 202 g/mol. The zero-order valence-electron chi connectivity index (χ0n) is 3.11. The molecule has 0 N–H and O–H groups in total. The molecule has 0 saturated carbocycles. The Hall–Kier alpha value is 1.20. The van der Waals surface area contributed by atoms with Crippen LogP contribution in [0.5, 0.6) is 0 Å². The number of hydrogen-bond acceptors (Lipinski definition) is 0. The average Bonchev–Trinajstić information content (AvgIpc) is 0.918. The van der Waals surface area contributed by atoms with Gasteiger partial charge in [-0.25, -0.2) is 0 Å². The van der Waals surface area contributed by atoms with Crippen molar-refractivity contribution in [2.24, 2.45) is 0 Å². The SMILES string of the molecule is [CH3-].[CH3-].[Cl][Ru+2][Cl]. The maximum absolute atomic E-state index is 4.85. The third-order valence-corrected chi connectivity index (χ3v) is 0. The van der Waals surface area contributed by atoms with E-state index in [9.17, 15) is 0 Å². The quantitative estimate of drug-likeness (QED) is 0.417.